The van der Waals surface area contributed by atoms with E-state index in [2.05, 4.69) is 4.72 Å². The van der Waals surface area contributed by atoms with E-state index < -0.39 is 22.0 Å². The lowest BCUT2D eigenvalue weighted by Crippen LogP contribution is -2.40. The molecule has 0 bridgehead atoms. The van der Waals surface area contributed by atoms with E-state index in [4.69, 9.17) is 14.6 Å². The van der Waals surface area contributed by atoms with Gasteiger partial charge in [0.05, 0.1) is 4.90 Å². The third-order valence-corrected chi connectivity index (χ3v) is 4.30. The van der Waals surface area contributed by atoms with E-state index in [0.717, 1.165) is 0 Å². The van der Waals surface area contributed by atoms with E-state index in [1.165, 1.54) is 18.2 Å². The van der Waals surface area contributed by atoms with Crippen LogP contribution in [0.25, 0.3) is 0 Å². The molecule has 0 radical (unpaired) electrons. The zero-order valence-electron chi connectivity index (χ0n) is 10.8. The van der Waals surface area contributed by atoms with Gasteiger partial charge in [-0.15, -0.1) is 0 Å². The van der Waals surface area contributed by atoms with Gasteiger partial charge in [-0.25, -0.2) is 8.42 Å². The largest absolute Gasteiger partial charge is 0.480 e. The quantitative estimate of drug-likeness (QED) is 0.811. The Kier molecular flexibility index (Phi) is 4.15. The number of carboxylic acid groups (broad SMARTS) is 1. The van der Waals surface area contributed by atoms with Crippen LogP contribution in [0, 0.1) is 0 Å². The molecule has 0 amide bonds. The third kappa shape index (κ3) is 3.02. The first kappa shape index (κ1) is 14.6. The van der Waals surface area contributed by atoms with E-state index >= 15 is 0 Å². The summed E-state index contributed by atoms with van der Waals surface area (Å²) < 4.78 is 36.7. The summed E-state index contributed by atoms with van der Waals surface area (Å²) in [4.78, 5) is 11.0. The number of fused-ring (bicyclic) bond motifs is 1. The first-order chi connectivity index (χ1) is 9.44. The monoisotopic (exact) mass is 301 g/mol. The van der Waals surface area contributed by atoms with Crippen LogP contribution in [0.5, 0.6) is 11.5 Å². The Labute approximate surface area is 116 Å². The van der Waals surface area contributed by atoms with E-state index in [0.29, 0.717) is 17.9 Å². The van der Waals surface area contributed by atoms with E-state index in [1.54, 1.807) is 6.92 Å². The minimum Gasteiger partial charge on any atom is -0.480 e. The van der Waals surface area contributed by atoms with Gasteiger partial charge in [-0.1, -0.05) is 13.3 Å². The molecule has 1 aliphatic heterocycles. The van der Waals surface area contributed by atoms with Gasteiger partial charge in [0.25, 0.3) is 0 Å². The molecule has 0 saturated carbocycles. The van der Waals surface area contributed by atoms with Crippen LogP contribution in [-0.4, -0.2) is 32.3 Å². The Bertz CT molecular complexity index is 612. The second-order valence-corrected chi connectivity index (χ2v) is 6.03. The Morgan fingerprint density at radius 2 is 2.10 bits per heavy atom. The zero-order valence-corrected chi connectivity index (χ0v) is 11.6. The fourth-order valence-corrected chi connectivity index (χ4v) is 3.06. The van der Waals surface area contributed by atoms with Crippen molar-refractivity contribution in [3.63, 3.8) is 0 Å². The zero-order chi connectivity index (χ0) is 14.8. The topological polar surface area (TPSA) is 102 Å². The molecule has 1 aromatic carbocycles. The van der Waals surface area contributed by atoms with Gasteiger partial charge in [0.1, 0.15) is 6.04 Å². The van der Waals surface area contributed by atoms with E-state index in [-0.39, 0.29) is 18.1 Å². The molecular weight excluding hydrogens is 286 g/mol. The van der Waals surface area contributed by atoms with E-state index in [9.17, 15) is 13.2 Å². The molecule has 2 N–H and O–H groups in total. The van der Waals surface area contributed by atoms with Crippen LogP contribution in [0.3, 0.4) is 0 Å². The van der Waals surface area contributed by atoms with Crippen LogP contribution >= 0.6 is 0 Å². The summed E-state index contributed by atoms with van der Waals surface area (Å²) in [7, 11) is -3.91. The number of nitrogens with one attached hydrogen (secondary N) is 1. The maximum Gasteiger partial charge on any atom is 0.321 e. The number of carbonyl (C=O) groups is 1. The molecular formula is C12H15NO6S. The summed E-state index contributed by atoms with van der Waals surface area (Å²) in [5.41, 5.74) is 0. The molecule has 0 fully saturated rings. The lowest BCUT2D eigenvalue weighted by atomic mass is 10.2. The van der Waals surface area contributed by atoms with Gasteiger partial charge >= 0.3 is 5.97 Å². The van der Waals surface area contributed by atoms with Crippen molar-refractivity contribution in [3.05, 3.63) is 18.2 Å². The van der Waals surface area contributed by atoms with Crippen molar-refractivity contribution in [2.75, 3.05) is 6.79 Å². The maximum absolute atomic E-state index is 12.2. The lowest BCUT2D eigenvalue weighted by Gasteiger charge is -2.14. The SMILES string of the molecule is CCCC(NS(=O)(=O)c1ccc2c(c1)OCO2)C(=O)O. The average Bonchev–Trinajstić information content (AvgIpc) is 2.85. The van der Waals surface area contributed by atoms with Crippen molar-refractivity contribution >= 4 is 16.0 Å². The molecule has 8 heteroatoms. The number of carboxylic acids is 1. The summed E-state index contributed by atoms with van der Waals surface area (Å²) in [6.45, 7) is 1.82. The van der Waals surface area contributed by atoms with Crippen LogP contribution in [0.2, 0.25) is 0 Å². The minimum atomic E-state index is -3.91. The summed E-state index contributed by atoms with van der Waals surface area (Å²) in [5.74, 6) is -0.404. The average molecular weight is 301 g/mol. The molecule has 0 saturated heterocycles. The highest BCUT2D eigenvalue weighted by atomic mass is 32.2. The Morgan fingerprint density at radius 1 is 1.40 bits per heavy atom. The lowest BCUT2D eigenvalue weighted by molar-refractivity contribution is -0.139. The third-order valence-electron chi connectivity index (χ3n) is 2.83. The van der Waals surface area contributed by atoms with Gasteiger partial charge in [-0.2, -0.15) is 4.72 Å². The molecule has 1 unspecified atom stereocenters. The Morgan fingerprint density at radius 3 is 2.75 bits per heavy atom. The highest BCUT2D eigenvalue weighted by Gasteiger charge is 2.26. The minimum absolute atomic E-state index is 0.0415. The molecule has 1 aliphatic rings. The van der Waals surface area contributed by atoms with Gasteiger partial charge < -0.3 is 14.6 Å². The molecule has 1 heterocycles. The molecule has 0 aliphatic carbocycles. The standard InChI is InChI=1S/C12H15NO6S/c1-2-3-9(12(14)15)13-20(16,17)8-4-5-10-11(6-8)19-7-18-10/h4-6,9,13H,2-3,7H2,1H3,(H,14,15). The van der Waals surface area contributed by atoms with Crippen LogP contribution in [-0.2, 0) is 14.8 Å². The van der Waals surface area contributed by atoms with Gasteiger partial charge in [-0.05, 0) is 18.6 Å². The maximum atomic E-state index is 12.2. The molecule has 110 valence electrons. The highest BCUT2D eigenvalue weighted by Crippen LogP contribution is 2.33. The number of benzene rings is 1. The number of hydrogen-bond donors (Lipinski definition) is 2. The summed E-state index contributed by atoms with van der Waals surface area (Å²) in [6, 6.07) is 3.00. The predicted molar refractivity (Wildman–Crippen MR) is 69.2 cm³/mol. The second-order valence-electron chi connectivity index (χ2n) is 4.32. The fourth-order valence-electron chi connectivity index (χ4n) is 1.82. The van der Waals surface area contributed by atoms with Crippen molar-refractivity contribution in [2.45, 2.75) is 30.7 Å². The smallest absolute Gasteiger partial charge is 0.321 e. The summed E-state index contributed by atoms with van der Waals surface area (Å²) >= 11 is 0. The number of ether oxygens (including phenoxy) is 2. The predicted octanol–water partition coefficient (Wildman–Crippen LogP) is 0.947. The molecule has 1 atom stereocenters. The highest BCUT2D eigenvalue weighted by molar-refractivity contribution is 7.89. The first-order valence-corrected chi connectivity index (χ1v) is 7.57. The molecule has 2 rings (SSSR count). The normalized spacial score (nSPS) is 15.1. The summed E-state index contributed by atoms with van der Waals surface area (Å²) in [5, 5.41) is 9.00. The Hall–Kier alpha value is -1.80. The first-order valence-electron chi connectivity index (χ1n) is 6.09. The van der Waals surface area contributed by atoms with Crippen molar-refractivity contribution in [2.24, 2.45) is 0 Å². The van der Waals surface area contributed by atoms with Crippen molar-refractivity contribution in [1.29, 1.82) is 0 Å². The second kappa shape index (κ2) is 5.68. The number of hydrogen-bond acceptors (Lipinski definition) is 5. The van der Waals surface area contributed by atoms with Crippen LogP contribution in [0.15, 0.2) is 23.1 Å². The summed E-state index contributed by atoms with van der Waals surface area (Å²) in [6.07, 6.45) is 0.778. The number of aliphatic carboxylic acids is 1. The molecule has 0 aromatic heterocycles. The van der Waals surface area contributed by atoms with Gasteiger partial charge in [-0.3, -0.25) is 4.79 Å². The van der Waals surface area contributed by atoms with Crippen molar-refractivity contribution in [3.8, 4) is 11.5 Å². The van der Waals surface area contributed by atoms with Gasteiger partial charge in [0, 0.05) is 6.07 Å². The molecule has 1 aromatic rings. The van der Waals surface area contributed by atoms with Crippen LogP contribution in [0.1, 0.15) is 19.8 Å². The fraction of sp³-hybridized carbons (Fsp3) is 0.417. The number of sulfonamides is 1. The van der Waals surface area contributed by atoms with Crippen LogP contribution in [0.4, 0.5) is 0 Å². The molecule has 7 nitrogen and oxygen atoms in total. The number of rotatable bonds is 6. The van der Waals surface area contributed by atoms with Crippen molar-refractivity contribution < 1.29 is 27.8 Å². The van der Waals surface area contributed by atoms with Crippen molar-refractivity contribution in [1.82, 2.24) is 4.72 Å². The molecule has 0 spiro atoms. The van der Waals surface area contributed by atoms with Gasteiger partial charge in [0.15, 0.2) is 11.5 Å². The Balaban J connectivity index is 2.23. The van der Waals surface area contributed by atoms with E-state index in [1.807, 2.05) is 0 Å². The van der Waals surface area contributed by atoms with Gasteiger partial charge in [0.2, 0.25) is 16.8 Å². The molecule has 20 heavy (non-hydrogen) atoms. The van der Waals surface area contributed by atoms with Crippen LogP contribution < -0.4 is 14.2 Å².